The van der Waals surface area contributed by atoms with E-state index >= 15 is 0 Å². The van der Waals surface area contributed by atoms with Crippen molar-refractivity contribution in [2.45, 2.75) is 91.9 Å². The lowest BCUT2D eigenvalue weighted by Crippen LogP contribution is -2.41. The van der Waals surface area contributed by atoms with E-state index in [0.717, 1.165) is 32.1 Å². The Kier molecular flexibility index (Phi) is 12.8. The van der Waals surface area contributed by atoms with E-state index in [0.29, 0.717) is 26.1 Å². The highest BCUT2D eigenvalue weighted by molar-refractivity contribution is 5.99. The summed E-state index contributed by atoms with van der Waals surface area (Å²) in [7, 11) is 0. The number of unbranched alkanes of at least 4 members (excludes halogenated alkanes) is 6. The van der Waals surface area contributed by atoms with Crippen LogP contribution in [0.15, 0.2) is 0 Å². The summed E-state index contributed by atoms with van der Waals surface area (Å²) in [5.74, 6) is -0.840. The van der Waals surface area contributed by atoms with E-state index < -0.39 is 17.4 Å². The Bertz CT molecular complexity index is 321. The molecule has 0 saturated heterocycles. The Labute approximate surface area is 142 Å². The molecule has 0 aliphatic heterocycles. The van der Waals surface area contributed by atoms with E-state index in [1.807, 2.05) is 13.8 Å². The van der Waals surface area contributed by atoms with Crippen molar-refractivity contribution in [1.29, 1.82) is 0 Å². The van der Waals surface area contributed by atoms with Crippen LogP contribution in [0.4, 0.5) is 0 Å². The molecule has 0 amide bonds. The van der Waals surface area contributed by atoms with Crippen LogP contribution in [0.2, 0.25) is 0 Å². The standard InChI is InChI=1S/C19H36O4/c1-5-9-11-12-14-16-23-18(21)19(7-3,8-4)17(20)22-15-13-10-6-2/h5-16H2,1-4H3. The molecular weight excluding hydrogens is 292 g/mol. The first-order valence-corrected chi connectivity index (χ1v) is 9.43. The van der Waals surface area contributed by atoms with Gasteiger partial charge in [0.15, 0.2) is 5.41 Å². The zero-order valence-corrected chi connectivity index (χ0v) is 15.6. The van der Waals surface area contributed by atoms with Crippen LogP contribution >= 0.6 is 0 Å². The van der Waals surface area contributed by atoms with E-state index in [1.54, 1.807) is 0 Å². The zero-order chi connectivity index (χ0) is 17.6. The molecule has 23 heavy (non-hydrogen) atoms. The summed E-state index contributed by atoms with van der Waals surface area (Å²) >= 11 is 0. The molecule has 0 aliphatic rings. The number of rotatable bonds is 14. The largest absolute Gasteiger partial charge is 0.465 e. The van der Waals surface area contributed by atoms with Crippen molar-refractivity contribution in [2.75, 3.05) is 13.2 Å². The maximum atomic E-state index is 12.4. The average molecular weight is 328 g/mol. The van der Waals surface area contributed by atoms with Crippen molar-refractivity contribution in [3.05, 3.63) is 0 Å². The minimum Gasteiger partial charge on any atom is -0.465 e. The molecule has 0 aromatic heterocycles. The summed E-state index contributed by atoms with van der Waals surface area (Å²) in [4.78, 5) is 24.8. The van der Waals surface area contributed by atoms with Crippen molar-refractivity contribution < 1.29 is 19.1 Å². The van der Waals surface area contributed by atoms with Gasteiger partial charge >= 0.3 is 11.9 Å². The van der Waals surface area contributed by atoms with Gasteiger partial charge in [0.2, 0.25) is 0 Å². The van der Waals surface area contributed by atoms with E-state index in [-0.39, 0.29) is 0 Å². The molecule has 0 fully saturated rings. The first kappa shape index (κ1) is 21.9. The van der Waals surface area contributed by atoms with Gasteiger partial charge in [0.1, 0.15) is 0 Å². The molecule has 4 heteroatoms. The summed E-state index contributed by atoms with van der Waals surface area (Å²) in [5.41, 5.74) is -1.13. The molecule has 0 spiro atoms. The third-order valence-corrected chi connectivity index (χ3v) is 4.45. The zero-order valence-electron chi connectivity index (χ0n) is 15.6. The minimum atomic E-state index is -1.13. The molecule has 0 aromatic rings. The summed E-state index contributed by atoms with van der Waals surface area (Å²) < 4.78 is 10.7. The van der Waals surface area contributed by atoms with Crippen LogP contribution in [-0.2, 0) is 19.1 Å². The Hall–Kier alpha value is -1.06. The van der Waals surface area contributed by atoms with Crippen molar-refractivity contribution in [1.82, 2.24) is 0 Å². The summed E-state index contributed by atoms with van der Waals surface area (Å²) in [6.07, 6.45) is 9.29. The number of ether oxygens (including phenoxy) is 2. The fraction of sp³-hybridized carbons (Fsp3) is 0.895. The Morgan fingerprint density at radius 3 is 1.48 bits per heavy atom. The molecule has 0 aliphatic carbocycles. The Morgan fingerprint density at radius 1 is 0.652 bits per heavy atom. The van der Waals surface area contributed by atoms with Gasteiger partial charge in [-0.1, -0.05) is 66.2 Å². The van der Waals surface area contributed by atoms with Gasteiger partial charge in [0.25, 0.3) is 0 Å². The number of carbonyl (C=O) groups excluding carboxylic acids is 2. The highest BCUT2D eigenvalue weighted by atomic mass is 16.6. The number of carbonyl (C=O) groups is 2. The fourth-order valence-electron chi connectivity index (χ4n) is 2.57. The van der Waals surface area contributed by atoms with Gasteiger partial charge in [-0.15, -0.1) is 0 Å². The molecular formula is C19H36O4. The molecule has 0 radical (unpaired) electrons. The fourth-order valence-corrected chi connectivity index (χ4v) is 2.57. The number of hydrogen-bond donors (Lipinski definition) is 0. The van der Waals surface area contributed by atoms with Gasteiger partial charge in [0, 0.05) is 0 Å². The van der Waals surface area contributed by atoms with Gasteiger partial charge in [-0.05, 0) is 25.7 Å². The van der Waals surface area contributed by atoms with Crippen molar-refractivity contribution >= 4 is 11.9 Å². The van der Waals surface area contributed by atoms with Crippen molar-refractivity contribution in [2.24, 2.45) is 5.41 Å². The smallest absolute Gasteiger partial charge is 0.323 e. The molecule has 0 saturated carbocycles. The van der Waals surface area contributed by atoms with E-state index in [1.165, 1.54) is 19.3 Å². The third kappa shape index (κ3) is 7.85. The van der Waals surface area contributed by atoms with Crippen LogP contribution < -0.4 is 0 Å². The first-order valence-electron chi connectivity index (χ1n) is 9.43. The molecule has 0 aromatic carbocycles. The Morgan fingerprint density at radius 2 is 1.04 bits per heavy atom. The molecule has 0 unspecified atom stereocenters. The van der Waals surface area contributed by atoms with Gasteiger partial charge in [-0.3, -0.25) is 9.59 Å². The second-order valence-corrected chi connectivity index (χ2v) is 6.18. The van der Waals surface area contributed by atoms with Gasteiger partial charge in [-0.2, -0.15) is 0 Å². The van der Waals surface area contributed by atoms with Crippen LogP contribution in [0.5, 0.6) is 0 Å². The molecule has 0 N–H and O–H groups in total. The Balaban J connectivity index is 4.37. The SMILES string of the molecule is CCCCCCCOC(=O)C(CC)(CC)C(=O)OCCCCC. The van der Waals surface area contributed by atoms with Gasteiger partial charge < -0.3 is 9.47 Å². The summed E-state index contributed by atoms with van der Waals surface area (Å²) in [6.45, 7) is 8.75. The van der Waals surface area contributed by atoms with Crippen molar-refractivity contribution in [3.8, 4) is 0 Å². The summed E-state index contributed by atoms with van der Waals surface area (Å²) in [5, 5.41) is 0. The lowest BCUT2D eigenvalue weighted by atomic mass is 9.82. The molecule has 0 atom stereocenters. The number of hydrogen-bond acceptors (Lipinski definition) is 4. The van der Waals surface area contributed by atoms with Crippen molar-refractivity contribution in [3.63, 3.8) is 0 Å². The van der Waals surface area contributed by atoms with Crippen LogP contribution in [-0.4, -0.2) is 25.2 Å². The molecule has 0 bridgehead atoms. The summed E-state index contributed by atoms with van der Waals surface area (Å²) in [6, 6.07) is 0. The molecule has 0 rings (SSSR count). The minimum absolute atomic E-state index is 0.388. The first-order chi connectivity index (χ1) is 11.1. The van der Waals surface area contributed by atoms with Gasteiger partial charge in [-0.25, -0.2) is 0 Å². The second-order valence-electron chi connectivity index (χ2n) is 6.18. The topological polar surface area (TPSA) is 52.6 Å². The van der Waals surface area contributed by atoms with E-state index in [9.17, 15) is 9.59 Å². The average Bonchev–Trinajstić information content (AvgIpc) is 2.56. The predicted molar refractivity (Wildman–Crippen MR) is 93.2 cm³/mol. The predicted octanol–water partition coefficient (Wildman–Crippen LogP) is 5.04. The quantitative estimate of drug-likeness (QED) is 0.255. The lowest BCUT2D eigenvalue weighted by molar-refractivity contribution is -0.173. The maximum Gasteiger partial charge on any atom is 0.323 e. The highest BCUT2D eigenvalue weighted by Crippen LogP contribution is 2.30. The lowest BCUT2D eigenvalue weighted by Gasteiger charge is -2.27. The normalized spacial score (nSPS) is 11.3. The highest BCUT2D eigenvalue weighted by Gasteiger charge is 2.45. The number of esters is 2. The van der Waals surface area contributed by atoms with Crippen LogP contribution in [0.25, 0.3) is 0 Å². The van der Waals surface area contributed by atoms with Crippen LogP contribution in [0.1, 0.15) is 91.9 Å². The molecule has 4 nitrogen and oxygen atoms in total. The second kappa shape index (κ2) is 13.4. The van der Waals surface area contributed by atoms with Crippen LogP contribution in [0.3, 0.4) is 0 Å². The van der Waals surface area contributed by atoms with Gasteiger partial charge in [0.05, 0.1) is 13.2 Å². The monoisotopic (exact) mass is 328 g/mol. The van der Waals surface area contributed by atoms with Crippen LogP contribution in [0, 0.1) is 5.41 Å². The van der Waals surface area contributed by atoms with E-state index in [4.69, 9.17) is 9.47 Å². The van der Waals surface area contributed by atoms with E-state index in [2.05, 4.69) is 13.8 Å². The molecule has 136 valence electrons. The molecule has 0 heterocycles. The third-order valence-electron chi connectivity index (χ3n) is 4.45. The maximum absolute atomic E-state index is 12.4.